The molecule has 0 aliphatic heterocycles. The Labute approximate surface area is 133 Å². The maximum absolute atomic E-state index is 12.0. The Bertz CT molecular complexity index is 593. The third kappa shape index (κ3) is 4.99. The fraction of sp³-hybridized carbons (Fsp3) is 0.235. The minimum atomic E-state index is -0.0419. The number of carbonyl (C=O) groups is 1. The van der Waals surface area contributed by atoms with Crippen LogP contribution in [0.1, 0.15) is 15.9 Å². The van der Waals surface area contributed by atoms with Crippen molar-refractivity contribution in [2.45, 2.75) is 6.42 Å². The van der Waals surface area contributed by atoms with Gasteiger partial charge in [0.05, 0.1) is 6.61 Å². The Hall–Kier alpha value is -1.65. The predicted molar refractivity (Wildman–Crippen MR) is 86.0 cm³/mol. The maximum atomic E-state index is 12.0. The SMILES string of the molecule is COCCc1ccc(OCC(=O)c2cccc(Br)c2)cc1. The molecule has 0 radical (unpaired) electrons. The highest BCUT2D eigenvalue weighted by atomic mass is 79.9. The first-order valence-electron chi connectivity index (χ1n) is 6.68. The lowest BCUT2D eigenvalue weighted by Crippen LogP contribution is -2.11. The summed E-state index contributed by atoms with van der Waals surface area (Å²) in [6.45, 7) is 0.732. The first-order valence-corrected chi connectivity index (χ1v) is 7.48. The quantitative estimate of drug-likeness (QED) is 0.712. The predicted octanol–water partition coefficient (Wildman–Crippen LogP) is 3.90. The molecule has 0 unspecified atom stereocenters. The molecule has 4 heteroatoms. The van der Waals surface area contributed by atoms with E-state index in [1.807, 2.05) is 36.4 Å². The minimum Gasteiger partial charge on any atom is -0.485 e. The first-order chi connectivity index (χ1) is 10.2. The fourth-order valence-electron chi connectivity index (χ4n) is 1.87. The van der Waals surface area contributed by atoms with Gasteiger partial charge in [0.15, 0.2) is 12.4 Å². The van der Waals surface area contributed by atoms with Crippen molar-refractivity contribution in [2.75, 3.05) is 20.3 Å². The number of ketones is 1. The van der Waals surface area contributed by atoms with Crippen molar-refractivity contribution in [1.82, 2.24) is 0 Å². The zero-order valence-corrected chi connectivity index (χ0v) is 13.4. The van der Waals surface area contributed by atoms with E-state index in [2.05, 4.69) is 15.9 Å². The average Bonchev–Trinajstić information content (AvgIpc) is 2.51. The highest BCUT2D eigenvalue weighted by molar-refractivity contribution is 9.10. The van der Waals surface area contributed by atoms with Crippen LogP contribution in [-0.2, 0) is 11.2 Å². The van der Waals surface area contributed by atoms with Crippen LogP contribution in [0.5, 0.6) is 5.75 Å². The van der Waals surface area contributed by atoms with E-state index < -0.39 is 0 Å². The lowest BCUT2D eigenvalue weighted by Gasteiger charge is -2.07. The molecule has 2 aromatic rings. The molecule has 2 aromatic carbocycles. The van der Waals surface area contributed by atoms with Crippen LogP contribution in [0.15, 0.2) is 53.0 Å². The van der Waals surface area contributed by atoms with Crippen LogP contribution in [0.4, 0.5) is 0 Å². The summed E-state index contributed by atoms with van der Waals surface area (Å²) in [6, 6.07) is 15.0. The molecule has 0 aromatic heterocycles. The molecule has 0 N–H and O–H groups in total. The van der Waals surface area contributed by atoms with Gasteiger partial charge >= 0.3 is 0 Å². The van der Waals surface area contributed by atoms with Crippen molar-refractivity contribution in [3.05, 3.63) is 64.1 Å². The Morgan fingerprint density at radius 3 is 2.57 bits per heavy atom. The molecule has 0 bridgehead atoms. The maximum Gasteiger partial charge on any atom is 0.200 e. The van der Waals surface area contributed by atoms with Gasteiger partial charge < -0.3 is 9.47 Å². The highest BCUT2D eigenvalue weighted by Gasteiger charge is 2.07. The summed E-state index contributed by atoms with van der Waals surface area (Å²) in [6.07, 6.45) is 0.869. The zero-order chi connectivity index (χ0) is 15.1. The summed E-state index contributed by atoms with van der Waals surface area (Å²) in [5, 5.41) is 0. The molecular formula is C17H17BrO3. The number of benzene rings is 2. The van der Waals surface area contributed by atoms with E-state index in [1.165, 1.54) is 5.56 Å². The molecule has 21 heavy (non-hydrogen) atoms. The van der Waals surface area contributed by atoms with Gasteiger partial charge in [0.25, 0.3) is 0 Å². The molecule has 0 heterocycles. The number of carbonyl (C=O) groups excluding carboxylic acids is 1. The van der Waals surface area contributed by atoms with E-state index in [0.717, 1.165) is 10.9 Å². The van der Waals surface area contributed by atoms with E-state index in [1.54, 1.807) is 19.2 Å². The van der Waals surface area contributed by atoms with Gasteiger partial charge in [-0.05, 0) is 36.2 Å². The van der Waals surface area contributed by atoms with E-state index >= 15 is 0 Å². The molecule has 0 saturated heterocycles. The molecule has 3 nitrogen and oxygen atoms in total. The minimum absolute atomic E-state index is 0.0356. The number of rotatable bonds is 7. The monoisotopic (exact) mass is 348 g/mol. The average molecular weight is 349 g/mol. The van der Waals surface area contributed by atoms with Crippen molar-refractivity contribution in [2.24, 2.45) is 0 Å². The Morgan fingerprint density at radius 2 is 1.90 bits per heavy atom. The summed E-state index contributed by atoms with van der Waals surface area (Å²) in [5.41, 5.74) is 1.82. The van der Waals surface area contributed by atoms with E-state index in [4.69, 9.17) is 9.47 Å². The summed E-state index contributed by atoms with van der Waals surface area (Å²) in [4.78, 5) is 12.0. The van der Waals surface area contributed by atoms with Gasteiger partial charge in [-0.3, -0.25) is 4.79 Å². The van der Waals surface area contributed by atoms with Crippen LogP contribution in [-0.4, -0.2) is 26.1 Å². The molecule has 0 fully saturated rings. The summed E-state index contributed by atoms with van der Waals surface area (Å²) >= 11 is 3.35. The largest absolute Gasteiger partial charge is 0.485 e. The second-order valence-electron chi connectivity index (χ2n) is 4.61. The first kappa shape index (κ1) is 15.7. The summed E-state index contributed by atoms with van der Waals surface area (Å²) in [7, 11) is 1.69. The Kier molecular flexibility index (Phi) is 5.96. The topological polar surface area (TPSA) is 35.5 Å². The van der Waals surface area contributed by atoms with E-state index in [0.29, 0.717) is 17.9 Å². The number of ether oxygens (including phenoxy) is 2. The molecule has 0 aliphatic rings. The number of hydrogen-bond donors (Lipinski definition) is 0. The van der Waals surface area contributed by atoms with Crippen LogP contribution in [0.3, 0.4) is 0 Å². The Balaban J connectivity index is 1.89. The molecule has 0 aliphatic carbocycles. The Morgan fingerprint density at radius 1 is 1.14 bits per heavy atom. The third-order valence-electron chi connectivity index (χ3n) is 3.03. The summed E-state index contributed by atoms with van der Waals surface area (Å²) < 4.78 is 11.4. The second-order valence-corrected chi connectivity index (χ2v) is 5.52. The number of Topliss-reactive ketones (excluding diaryl/α,β-unsaturated/α-hetero) is 1. The van der Waals surface area contributed by atoms with Crippen molar-refractivity contribution in [3.8, 4) is 5.75 Å². The lowest BCUT2D eigenvalue weighted by molar-refractivity contribution is 0.0921. The third-order valence-corrected chi connectivity index (χ3v) is 3.53. The highest BCUT2D eigenvalue weighted by Crippen LogP contribution is 2.15. The summed E-state index contributed by atoms with van der Waals surface area (Å²) in [5.74, 6) is 0.652. The zero-order valence-electron chi connectivity index (χ0n) is 11.8. The van der Waals surface area contributed by atoms with Crippen molar-refractivity contribution < 1.29 is 14.3 Å². The molecule has 110 valence electrons. The van der Waals surface area contributed by atoms with Gasteiger partial charge in [-0.25, -0.2) is 0 Å². The van der Waals surface area contributed by atoms with Gasteiger partial charge in [0.2, 0.25) is 0 Å². The number of halogens is 1. The van der Waals surface area contributed by atoms with Crippen molar-refractivity contribution in [3.63, 3.8) is 0 Å². The van der Waals surface area contributed by atoms with Crippen LogP contribution >= 0.6 is 15.9 Å². The normalized spacial score (nSPS) is 10.4. The fourth-order valence-corrected chi connectivity index (χ4v) is 2.27. The van der Waals surface area contributed by atoms with E-state index in [-0.39, 0.29) is 12.4 Å². The molecule has 0 spiro atoms. The molecule has 0 atom stereocenters. The van der Waals surface area contributed by atoms with Crippen LogP contribution in [0.2, 0.25) is 0 Å². The second kappa shape index (κ2) is 7.96. The standard InChI is InChI=1S/C17H17BrO3/c1-20-10-9-13-5-7-16(8-6-13)21-12-17(19)14-3-2-4-15(18)11-14/h2-8,11H,9-10,12H2,1H3. The smallest absolute Gasteiger partial charge is 0.200 e. The van der Waals surface area contributed by atoms with Gasteiger partial charge in [0, 0.05) is 17.1 Å². The van der Waals surface area contributed by atoms with Crippen molar-refractivity contribution in [1.29, 1.82) is 0 Å². The van der Waals surface area contributed by atoms with Crippen molar-refractivity contribution >= 4 is 21.7 Å². The van der Waals surface area contributed by atoms with E-state index in [9.17, 15) is 4.79 Å². The van der Waals surface area contributed by atoms with Gasteiger partial charge in [-0.15, -0.1) is 0 Å². The van der Waals surface area contributed by atoms with Crippen LogP contribution in [0, 0.1) is 0 Å². The molecule has 0 saturated carbocycles. The lowest BCUT2D eigenvalue weighted by atomic mass is 10.1. The number of methoxy groups -OCH3 is 1. The number of hydrogen-bond acceptors (Lipinski definition) is 3. The van der Waals surface area contributed by atoms with Gasteiger partial charge in [0.1, 0.15) is 5.75 Å². The molecular weight excluding hydrogens is 332 g/mol. The molecule has 2 rings (SSSR count). The van der Waals surface area contributed by atoms with Crippen LogP contribution < -0.4 is 4.74 Å². The van der Waals surface area contributed by atoms with Gasteiger partial charge in [-0.1, -0.05) is 40.2 Å². The molecule has 0 amide bonds. The van der Waals surface area contributed by atoms with Gasteiger partial charge in [-0.2, -0.15) is 0 Å². The van der Waals surface area contributed by atoms with Crippen LogP contribution in [0.25, 0.3) is 0 Å².